The summed E-state index contributed by atoms with van der Waals surface area (Å²) in [4.78, 5) is 0. The molecular weight excluding hydrogens is 607 g/mol. The lowest BCUT2D eigenvalue weighted by Gasteiger charge is -2.22. The van der Waals surface area contributed by atoms with E-state index in [9.17, 15) is 15.8 Å². The molecule has 8 aromatic rings. The highest BCUT2D eigenvalue weighted by Crippen LogP contribution is 2.45. The molecule has 6 aromatic carbocycles. The molecule has 0 bridgehead atoms. The van der Waals surface area contributed by atoms with Crippen molar-refractivity contribution in [2.24, 2.45) is 0 Å². The average molecular weight is 628 g/mol. The lowest BCUT2D eigenvalue weighted by molar-refractivity contribution is -0.137. The quantitative estimate of drug-likeness (QED) is 0.195. The standard InChI is InChI=1S/C40H20F3N5/c41-40(42,43)33-20-39(48-35-11-4-2-9-29(35)31-15-13-26(23-46)18-37(31)48)38(19-32(33)27-7-5-6-24(16-27)21-44)47-34-10-3-1-8-28(34)30-14-12-25(22-45)17-36(30)47/h1-20H. The Morgan fingerprint density at radius 2 is 0.938 bits per heavy atom. The first-order valence-corrected chi connectivity index (χ1v) is 14.9. The van der Waals surface area contributed by atoms with Gasteiger partial charge in [0.25, 0.3) is 0 Å². The van der Waals surface area contributed by atoms with Crippen molar-refractivity contribution >= 4 is 43.6 Å². The minimum Gasteiger partial charge on any atom is -0.307 e. The van der Waals surface area contributed by atoms with Crippen molar-refractivity contribution < 1.29 is 13.2 Å². The molecular formula is C40H20F3N5. The van der Waals surface area contributed by atoms with E-state index >= 15 is 13.2 Å². The summed E-state index contributed by atoms with van der Waals surface area (Å²) < 4.78 is 49.3. The van der Waals surface area contributed by atoms with Gasteiger partial charge in [0.1, 0.15) is 0 Å². The van der Waals surface area contributed by atoms with E-state index in [2.05, 4.69) is 12.1 Å². The molecule has 226 valence electrons. The number of hydrogen-bond acceptors (Lipinski definition) is 3. The maximum absolute atomic E-state index is 15.2. The first-order valence-electron chi connectivity index (χ1n) is 14.9. The maximum atomic E-state index is 15.2. The molecule has 0 radical (unpaired) electrons. The van der Waals surface area contributed by atoms with Crippen LogP contribution in [0.1, 0.15) is 22.3 Å². The minimum absolute atomic E-state index is 0.0980. The number of rotatable bonds is 3. The van der Waals surface area contributed by atoms with Crippen LogP contribution >= 0.6 is 0 Å². The van der Waals surface area contributed by atoms with E-state index in [1.807, 2.05) is 71.3 Å². The van der Waals surface area contributed by atoms with Gasteiger partial charge in [0.15, 0.2) is 0 Å². The third kappa shape index (κ3) is 4.31. The Balaban J connectivity index is 1.62. The number of para-hydroxylation sites is 2. The van der Waals surface area contributed by atoms with Crippen LogP contribution in [0.15, 0.2) is 121 Å². The van der Waals surface area contributed by atoms with Gasteiger partial charge in [-0.2, -0.15) is 29.0 Å². The predicted molar refractivity (Wildman–Crippen MR) is 180 cm³/mol. The lowest BCUT2D eigenvalue weighted by atomic mass is 9.95. The molecule has 48 heavy (non-hydrogen) atoms. The number of aromatic nitrogens is 2. The molecule has 8 rings (SSSR count). The van der Waals surface area contributed by atoms with Crippen molar-refractivity contribution in [1.82, 2.24) is 9.13 Å². The third-order valence-corrected chi connectivity index (χ3v) is 8.81. The summed E-state index contributed by atoms with van der Waals surface area (Å²) >= 11 is 0. The molecule has 8 heteroatoms. The fraction of sp³-hybridized carbons (Fsp3) is 0.0250. The van der Waals surface area contributed by atoms with Crippen molar-refractivity contribution in [3.05, 3.63) is 144 Å². The van der Waals surface area contributed by atoms with Crippen LogP contribution in [0.2, 0.25) is 0 Å². The van der Waals surface area contributed by atoms with E-state index in [-0.39, 0.29) is 22.4 Å². The van der Waals surface area contributed by atoms with Gasteiger partial charge in [-0.05, 0) is 71.8 Å². The normalized spacial score (nSPS) is 11.6. The number of halogens is 3. The van der Waals surface area contributed by atoms with Gasteiger partial charge in [-0.15, -0.1) is 0 Å². The fourth-order valence-electron chi connectivity index (χ4n) is 6.76. The molecule has 0 fully saturated rings. The maximum Gasteiger partial charge on any atom is 0.417 e. The minimum atomic E-state index is -4.77. The molecule has 0 N–H and O–H groups in total. The van der Waals surface area contributed by atoms with E-state index in [1.165, 1.54) is 12.1 Å². The molecule has 0 unspecified atom stereocenters. The summed E-state index contributed by atoms with van der Waals surface area (Å²) in [5.74, 6) is 0. The highest BCUT2D eigenvalue weighted by molar-refractivity contribution is 6.12. The number of alkyl halides is 3. The monoisotopic (exact) mass is 627 g/mol. The Morgan fingerprint density at radius 1 is 0.458 bits per heavy atom. The molecule has 0 aliphatic rings. The second-order valence-electron chi connectivity index (χ2n) is 11.5. The molecule has 0 amide bonds. The summed E-state index contributed by atoms with van der Waals surface area (Å²) in [5.41, 5.74) is 3.52. The van der Waals surface area contributed by atoms with Crippen LogP contribution < -0.4 is 0 Å². The Kier molecular flexibility index (Phi) is 6.34. The first-order chi connectivity index (χ1) is 23.3. The van der Waals surface area contributed by atoms with Crippen LogP contribution in [0.4, 0.5) is 13.2 Å². The van der Waals surface area contributed by atoms with E-state index in [1.54, 1.807) is 47.0 Å². The van der Waals surface area contributed by atoms with Gasteiger partial charge < -0.3 is 9.13 Å². The first kappa shape index (κ1) is 28.6. The summed E-state index contributed by atoms with van der Waals surface area (Å²) in [6, 6.07) is 40.8. The van der Waals surface area contributed by atoms with Gasteiger partial charge in [-0.1, -0.05) is 60.7 Å². The lowest BCUT2D eigenvalue weighted by Crippen LogP contribution is -2.12. The number of nitriles is 3. The molecule has 0 atom stereocenters. The van der Waals surface area contributed by atoms with Gasteiger partial charge in [-0.25, -0.2) is 0 Å². The molecule has 2 heterocycles. The Labute approximate surface area is 271 Å². The van der Waals surface area contributed by atoms with Gasteiger partial charge in [0, 0.05) is 21.5 Å². The van der Waals surface area contributed by atoms with Crippen LogP contribution in [0.25, 0.3) is 66.1 Å². The average Bonchev–Trinajstić information content (AvgIpc) is 3.62. The van der Waals surface area contributed by atoms with Crippen molar-refractivity contribution in [2.45, 2.75) is 6.18 Å². The van der Waals surface area contributed by atoms with E-state index in [4.69, 9.17) is 0 Å². The molecule has 5 nitrogen and oxygen atoms in total. The zero-order valence-corrected chi connectivity index (χ0v) is 24.9. The predicted octanol–water partition coefficient (Wildman–Crippen LogP) is 10.2. The Hall–Kier alpha value is -6.82. The summed E-state index contributed by atoms with van der Waals surface area (Å²) in [6.45, 7) is 0. The van der Waals surface area contributed by atoms with Gasteiger partial charge >= 0.3 is 6.18 Å². The summed E-state index contributed by atoms with van der Waals surface area (Å²) in [5, 5.41) is 32.6. The van der Waals surface area contributed by atoms with Crippen LogP contribution in [0.3, 0.4) is 0 Å². The molecule has 0 spiro atoms. The molecule has 0 aliphatic heterocycles. The van der Waals surface area contributed by atoms with Crippen LogP contribution in [0.5, 0.6) is 0 Å². The van der Waals surface area contributed by atoms with Crippen LogP contribution in [-0.2, 0) is 6.18 Å². The summed E-state index contributed by atoms with van der Waals surface area (Å²) in [7, 11) is 0. The Bertz CT molecular complexity index is 2760. The second-order valence-corrected chi connectivity index (χ2v) is 11.5. The van der Waals surface area contributed by atoms with Gasteiger partial charge in [0.05, 0.1) is 73.9 Å². The SMILES string of the molecule is N#Cc1cccc(-c2cc(-n3c4ccccc4c4ccc(C#N)cc43)c(-n3c4ccccc4c4ccc(C#N)cc43)cc2C(F)(F)F)c1. The molecule has 0 saturated heterocycles. The fourth-order valence-corrected chi connectivity index (χ4v) is 6.76. The van der Waals surface area contributed by atoms with Gasteiger partial charge in [0.2, 0.25) is 0 Å². The number of nitrogens with zero attached hydrogens (tertiary/aromatic N) is 5. The van der Waals surface area contributed by atoms with Crippen molar-refractivity contribution in [2.75, 3.05) is 0 Å². The molecule has 0 aliphatic carbocycles. The zero-order chi connectivity index (χ0) is 33.2. The van der Waals surface area contributed by atoms with Crippen LogP contribution in [-0.4, -0.2) is 9.13 Å². The van der Waals surface area contributed by atoms with Crippen molar-refractivity contribution in [3.63, 3.8) is 0 Å². The number of hydrogen-bond donors (Lipinski definition) is 0. The van der Waals surface area contributed by atoms with Crippen LogP contribution in [0, 0.1) is 34.0 Å². The van der Waals surface area contributed by atoms with E-state index < -0.39 is 11.7 Å². The van der Waals surface area contributed by atoms with E-state index in [0.717, 1.165) is 33.1 Å². The highest BCUT2D eigenvalue weighted by atomic mass is 19.4. The smallest absolute Gasteiger partial charge is 0.307 e. The van der Waals surface area contributed by atoms with Crippen molar-refractivity contribution in [1.29, 1.82) is 15.8 Å². The summed E-state index contributed by atoms with van der Waals surface area (Å²) in [6.07, 6.45) is -4.77. The van der Waals surface area contributed by atoms with Crippen molar-refractivity contribution in [3.8, 4) is 40.7 Å². The molecule has 2 aromatic heterocycles. The third-order valence-electron chi connectivity index (χ3n) is 8.81. The molecule has 0 saturated carbocycles. The number of fused-ring (bicyclic) bond motifs is 6. The van der Waals surface area contributed by atoms with E-state index in [0.29, 0.717) is 33.4 Å². The number of benzene rings is 6. The largest absolute Gasteiger partial charge is 0.417 e. The Morgan fingerprint density at radius 3 is 1.46 bits per heavy atom. The highest BCUT2D eigenvalue weighted by Gasteiger charge is 2.36. The topological polar surface area (TPSA) is 81.2 Å². The second kappa shape index (κ2) is 10.6. The van der Waals surface area contributed by atoms with Gasteiger partial charge in [-0.3, -0.25) is 0 Å². The zero-order valence-electron chi connectivity index (χ0n) is 24.9.